The summed E-state index contributed by atoms with van der Waals surface area (Å²) in [7, 11) is 0. The fraction of sp³-hybridized carbons (Fsp3) is 0.556. The number of oxime groups is 1. The molecule has 0 unspecified atom stereocenters. The second-order valence-electron chi connectivity index (χ2n) is 4.35. The third kappa shape index (κ3) is 5.47. The standard InChI is InChI=1S/C9H5ClF9N5O2S/c1-2(10)24-26-7(8(14,15)16,9(17,18)19)21-4(25)20-5-23-22-3(27-5)6(11,12)13/h1H3,(H2,20,21,23,25). The summed E-state index contributed by atoms with van der Waals surface area (Å²) in [6.07, 6.45) is -17.6. The molecule has 0 radical (unpaired) electrons. The van der Waals surface area contributed by atoms with Gasteiger partial charge in [-0.3, -0.25) is 10.6 Å². The van der Waals surface area contributed by atoms with Crippen LogP contribution in [0.1, 0.15) is 11.9 Å². The van der Waals surface area contributed by atoms with Gasteiger partial charge < -0.3 is 4.84 Å². The molecule has 0 saturated heterocycles. The summed E-state index contributed by atoms with van der Waals surface area (Å²) in [6.45, 7) is 0.777. The van der Waals surface area contributed by atoms with Gasteiger partial charge in [0.1, 0.15) is 5.17 Å². The predicted octanol–water partition coefficient (Wildman–Crippen LogP) is 4.09. The molecule has 0 saturated carbocycles. The van der Waals surface area contributed by atoms with Crippen molar-refractivity contribution in [1.82, 2.24) is 15.5 Å². The van der Waals surface area contributed by atoms with Crippen LogP contribution in [0.4, 0.5) is 49.4 Å². The van der Waals surface area contributed by atoms with E-state index >= 15 is 0 Å². The molecule has 154 valence electrons. The number of rotatable bonds is 4. The van der Waals surface area contributed by atoms with Crippen molar-refractivity contribution in [3.8, 4) is 0 Å². The van der Waals surface area contributed by atoms with Crippen LogP contribution in [0.25, 0.3) is 0 Å². The number of urea groups is 1. The Bertz CT molecular complexity index is 696. The maximum absolute atomic E-state index is 13.0. The molecule has 0 atom stereocenters. The molecular weight excluding hydrogens is 449 g/mol. The van der Waals surface area contributed by atoms with Gasteiger partial charge in [-0.05, 0) is 6.92 Å². The lowest BCUT2D eigenvalue weighted by Gasteiger charge is -2.34. The molecule has 0 fully saturated rings. The number of nitrogens with one attached hydrogen (secondary N) is 2. The van der Waals surface area contributed by atoms with Crippen molar-refractivity contribution in [2.45, 2.75) is 31.2 Å². The van der Waals surface area contributed by atoms with Crippen LogP contribution in [0.15, 0.2) is 5.16 Å². The third-order valence-corrected chi connectivity index (χ3v) is 3.24. The van der Waals surface area contributed by atoms with Gasteiger partial charge in [0, 0.05) is 0 Å². The van der Waals surface area contributed by atoms with E-state index in [0.717, 1.165) is 6.92 Å². The van der Waals surface area contributed by atoms with Gasteiger partial charge in [-0.1, -0.05) is 28.1 Å². The first-order valence-corrected chi connectivity index (χ1v) is 7.20. The zero-order valence-electron chi connectivity index (χ0n) is 12.3. The van der Waals surface area contributed by atoms with Gasteiger partial charge in [0.15, 0.2) is 0 Å². The Labute approximate surface area is 151 Å². The highest BCUT2D eigenvalue weighted by molar-refractivity contribution is 7.15. The van der Waals surface area contributed by atoms with Crippen molar-refractivity contribution < 1.29 is 49.1 Å². The van der Waals surface area contributed by atoms with Crippen LogP contribution in [0.3, 0.4) is 0 Å². The quantitative estimate of drug-likeness (QED) is 0.311. The van der Waals surface area contributed by atoms with Crippen molar-refractivity contribution in [3.63, 3.8) is 0 Å². The maximum atomic E-state index is 13.0. The monoisotopic (exact) mass is 453 g/mol. The van der Waals surface area contributed by atoms with E-state index in [2.05, 4.69) is 20.2 Å². The zero-order chi connectivity index (χ0) is 21.3. The molecule has 7 nitrogen and oxygen atoms in total. The third-order valence-electron chi connectivity index (χ3n) is 2.28. The first-order chi connectivity index (χ1) is 12.0. The summed E-state index contributed by atoms with van der Waals surface area (Å²) >= 11 is 4.69. The van der Waals surface area contributed by atoms with Gasteiger partial charge in [0.05, 0.1) is 0 Å². The van der Waals surface area contributed by atoms with Crippen LogP contribution in [0, 0.1) is 0 Å². The number of hydrogen-bond acceptors (Lipinski definition) is 6. The van der Waals surface area contributed by atoms with E-state index in [1.807, 2.05) is 0 Å². The van der Waals surface area contributed by atoms with Gasteiger partial charge in [-0.25, -0.2) is 4.79 Å². The number of carbonyl (C=O) groups is 1. The first kappa shape index (κ1) is 23.0. The fourth-order valence-corrected chi connectivity index (χ4v) is 1.88. The lowest BCUT2D eigenvalue weighted by Crippen LogP contribution is -2.69. The Morgan fingerprint density at radius 1 is 1.07 bits per heavy atom. The second-order valence-corrected chi connectivity index (χ2v) is 5.87. The second kappa shape index (κ2) is 7.53. The Balaban J connectivity index is 3.16. The minimum absolute atomic E-state index is 0.344. The summed E-state index contributed by atoms with van der Waals surface area (Å²) in [5.41, 5.74) is -5.35. The van der Waals surface area contributed by atoms with E-state index in [-0.39, 0.29) is 11.3 Å². The van der Waals surface area contributed by atoms with Crippen LogP contribution >= 0.6 is 22.9 Å². The Morgan fingerprint density at radius 2 is 1.59 bits per heavy atom. The Morgan fingerprint density at radius 3 is 1.96 bits per heavy atom. The average Bonchev–Trinajstić information content (AvgIpc) is 2.88. The zero-order valence-corrected chi connectivity index (χ0v) is 13.9. The van der Waals surface area contributed by atoms with E-state index in [1.165, 1.54) is 5.32 Å². The number of alkyl halides is 9. The maximum Gasteiger partial charge on any atom is 0.461 e. The number of halogens is 10. The molecule has 1 rings (SSSR count). The molecule has 1 heterocycles. The normalized spacial score (nSPS) is 14.1. The summed E-state index contributed by atoms with van der Waals surface area (Å²) in [5, 5.41) is 5.88. The smallest absolute Gasteiger partial charge is 0.346 e. The molecular formula is C9H5ClF9N5O2S. The van der Waals surface area contributed by atoms with E-state index in [4.69, 9.17) is 11.6 Å². The SMILES string of the molecule is CC(Cl)=NOC(NC(=O)Nc1nnc(C(F)(F)F)s1)(C(F)(F)F)C(F)(F)F. The molecule has 0 bridgehead atoms. The minimum atomic E-state index is -6.29. The van der Waals surface area contributed by atoms with E-state index in [0.29, 0.717) is 5.32 Å². The van der Waals surface area contributed by atoms with Gasteiger partial charge in [-0.2, -0.15) is 39.5 Å². The molecule has 1 aromatic rings. The van der Waals surface area contributed by atoms with Crippen LogP contribution in [-0.2, 0) is 11.0 Å². The molecule has 0 aliphatic heterocycles. The molecule has 0 spiro atoms. The van der Waals surface area contributed by atoms with Gasteiger partial charge in [0.2, 0.25) is 10.1 Å². The molecule has 0 aromatic carbocycles. The van der Waals surface area contributed by atoms with Crippen molar-refractivity contribution in [2.24, 2.45) is 5.16 Å². The molecule has 18 heteroatoms. The average molecular weight is 454 g/mol. The summed E-state index contributed by atoms with van der Waals surface area (Å²) in [4.78, 5) is 14.9. The fourth-order valence-electron chi connectivity index (χ4n) is 1.24. The molecule has 27 heavy (non-hydrogen) atoms. The molecule has 1 aromatic heterocycles. The highest BCUT2D eigenvalue weighted by Gasteiger charge is 2.76. The summed E-state index contributed by atoms with van der Waals surface area (Å²) in [5.74, 6) is 0. The highest BCUT2D eigenvalue weighted by Crippen LogP contribution is 2.44. The van der Waals surface area contributed by atoms with Crippen LogP contribution < -0.4 is 10.6 Å². The number of nitrogens with zero attached hydrogens (tertiary/aromatic N) is 3. The Kier molecular flexibility index (Phi) is 6.41. The highest BCUT2D eigenvalue weighted by atomic mass is 35.5. The van der Waals surface area contributed by atoms with Gasteiger partial charge >= 0.3 is 30.3 Å². The lowest BCUT2D eigenvalue weighted by molar-refractivity contribution is -0.388. The van der Waals surface area contributed by atoms with Crippen molar-refractivity contribution in [2.75, 3.05) is 5.32 Å². The van der Waals surface area contributed by atoms with Crippen molar-refractivity contribution in [3.05, 3.63) is 5.01 Å². The topological polar surface area (TPSA) is 88.5 Å². The number of anilines is 1. The molecule has 2 amide bonds. The van der Waals surface area contributed by atoms with Crippen LogP contribution in [0.5, 0.6) is 0 Å². The largest absolute Gasteiger partial charge is 0.461 e. The minimum Gasteiger partial charge on any atom is -0.346 e. The van der Waals surface area contributed by atoms with E-state index in [1.54, 1.807) is 0 Å². The van der Waals surface area contributed by atoms with Crippen LogP contribution in [-0.4, -0.2) is 39.5 Å². The van der Waals surface area contributed by atoms with Crippen LogP contribution in [0.2, 0.25) is 0 Å². The van der Waals surface area contributed by atoms with Crippen molar-refractivity contribution in [1.29, 1.82) is 0 Å². The van der Waals surface area contributed by atoms with Crippen molar-refractivity contribution >= 4 is 39.3 Å². The number of amides is 2. The molecule has 2 N–H and O–H groups in total. The van der Waals surface area contributed by atoms with E-state index < -0.39 is 45.6 Å². The first-order valence-electron chi connectivity index (χ1n) is 6.01. The summed E-state index contributed by atoms with van der Waals surface area (Å²) in [6, 6.07) is -2.25. The number of aromatic nitrogens is 2. The molecule has 0 aliphatic carbocycles. The predicted molar refractivity (Wildman–Crippen MR) is 72.0 cm³/mol. The van der Waals surface area contributed by atoms with Gasteiger partial charge in [0.25, 0.3) is 0 Å². The lowest BCUT2D eigenvalue weighted by atomic mass is 10.2. The summed E-state index contributed by atoms with van der Waals surface area (Å²) < 4.78 is 115. The van der Waals surface area contributed by atoms with E-state index in [9.17, 15) is 44.3 Å². The Hall–Kier alpha value is -2.04. The van der Waals surface area contributed by atoms with Gasteiger partial charge in [-0.15, -0.1) is 10.2 Å². The number of carbonyl (C=O) groups excluding carboxylic acids is 1. The number of hydrogen-bond donors (Lipinski definition) is 2. The molecule has 0 aliphatic rings.